The van der Waals surface area contributed by atoms with Crippen molar-refractivity contribution in [2.24, 2.45) is 0 Å². The van der Waals surface area contributed by atoms with Gasteiger partial charge in [0.05, 0.1) is 16.4 Å². The molecule has 3 aromatic rings. The first-order valence-corrected chi connectivity index (χ1v) is 11.1. The van der Waals surface area contributed by atoms with Crippen LogP contribution in [0.2, 0.25) is 10.0 Å². The molecule has 2 heterocycles. The number of aromatic nitrogens is 3. The molecule has 29 heavy (non-hydrogen) atoms. The number of thioether (sulfide) groups is 1. The maximum absolute atomic E-state index is 11.2. The lowest BCUT2D eigenvalue weighted by molar-refractivity contribution is -0.138. The summed E-state index contributed by atoms with van der Waals surface area (Å²) in [7, 11) is 0. The minimum Gasteiger partial charge on any atom is -0.480 e. The number of halogens is 2. The van der Waals surface area contributed by atoms with E-state index in [1.807, 2.05) is 23.6 Å². The summed E-state index contributed by atoms with van der Waals surface area (Å²) in [5, 5.41) is 23.9. The summed E-state index contributed by atoms with van der Waals surface area (Å²) in [5.74, 6) is -0.210. The Balaban J connectivity index is 1.54. The molecule has 2 N–H and O–H groups in total. The average Bonchev–Trinajstić information content (AvgIpc) is 3.09. The van der Waals surface area contributed by atoms with Crippen molar-refractivity contribution < 1.29 is 9.90 Å². The summed E-state index contributed by atoms with van der Waals surface area (Å²) in [6.07, 6.45) is 0.691. The van der Waals surface area contributed by atoms with Crippen molar-refractivity contribution in [3.63, 3.8) is 0 Å². The van der Waals surface area contributed by atoms with Crippen LogP contribution in [0.5, 0.6) is 0 Å². The molecule has 0 spiro atoms. The van der Waals surface area contributed by atoms with Gasteiger partial charge in [-0.15, -0.1) is 21.5 Å². The first-order valence-electron chi connectivity index (χ1n) is 8.64. The molecular weight excluding hydrogens is 451 g/mol. The average molecular weight is 469 g/mol. The number of nitrogens with one attached hydrogen (secondary N) is 1. The quantitative estimate of drug-likeness (QED) is 0.420. The van der Waals surface area contributed by atoms with Gasteiger partial charge < -0.3 is 10.4 Å². The standard InChI is InChI=1S/C19H18Cl2N4O2S2/c1-19(2,17(26)27)29-18-23-12(10-28-18)7-8-22-16-6-5-15(24-25-16)13-4-3-11(20)9-14(13)21/h3-6,9-10H,7-8H2,1-2H3,(H,22,25)(H,26,27). The van der Waals surface area contributed by atoms with Gasteiger partial charge in [-0.25, -0.2) is 4.98 Å². The van der Waals surface area contributed by atoms with Crippen molar-refractivity contribution in [3.05, 3.63) is 51.5 Å². The minimum atomic E-state index is -0.905. The zero-order valence-corrected chi connectivity index (χ0v) is 18.8. The number of nitrogens with zero attached hydrogens (tertiary/aromatic N) is 3. The molecule has 1 aromatic carbocycles. The van der Waals surface area contributed by atoms with Gasteiger partial charge in [0.15, 0.2) is 4.34 Å². The molecule has 0 aliphatic carbocycles. The predicted octanol–water partition coefficient (Wildman–Crippen LogP) is 5.52. The lowest BCUT2D eigenvalue weighted by atomic mass is 10.1. The summed E-state index contributed by atoms with van der Waals surface area (Å²) in [4.78, 5) is 15.7. The number of carboxylic acids is 1. The highest BCUT2D eigenvalue weighted by Crippen LogP contribution is 2.34. The Bertz CT molecular complexity index is 1010. The van der Waals surface area contributed by atoms with E-state index < -0.39 is 10.7 Å². The molecule has 0 unspecified atom stereocenters. The number of benzene rings is 1. The van der Waals surface area contributed by atoms with Crippen molar-refractivity contribution >= 4 is 58.1 Å². The van der Waals surface area contributed by atoms with Gasteiger partial charge in [-0.1, -0.05) is 35.0 Å². The lowest BCUT2D eigenvalue weighted by Gasteiger charge is -2.15. The van der Waals surface area contributed by atoms with Crippen LogP contribution in [0.15, 0.2) is 40.1 Å². The molecule has 0 saturated heterocycles. The Kier molecular flexibility index (Phi) is 7.00. The summed E-state index contributed by atoms with van der Waals surface area (Å²) in [5.41, 5.74) is 2.34. The third-order valence-electron chi connectivity index (χ3n) is 3.95. The van der Waals surface area contributed by atoms with Gasteiger partial charge in [0.2, 0.25) is 0 Å². The zero-order valence-electron chi connectivity index (χ0n) is 15.6. The van der Waals surface area contributed by atoms with E-state index in [-0.39, 0.29) is 0 Å². The van der Waals surface area contributed by atoms with Crippen LogP contribution in [0.4, 0.5) is 5.82 Å². The van der Waals surface area contributed by atoms with E-state index in [1.54, 1.807) is 26.0 Å². The molecule has 2 aromatic heterocycles. The van der Waals surface area contributed by atoms with Crippen molar-refractivity contribution in [1.29, 1.82) is 0 Å². The molecule has 0 bridgehead atoms. The van der Waals surface area contributed by atoms with Crippen molar-refractivity contribution in [2.75, 3.05) is 11.9 Å². The number of hydrogen-bond acceptors (Lipinski definition) is 7. The Morgan fingerprint density at radius 3 is 2.69 bits per heavy atom. The zero-order chi connectivity index (χ0) is 21.0. The monoisotopic (exact) mass is 468 g/mol. The highest BCUT2D eigenvalue weighted by Gasteiger charge is 2.29. The van der Waals surface area contributed by atoms with Crippen LogP contribution in [-0.2, 0) is 11.2 Å². The second-order valence-electron chi connectivity index (χ2n) is 6.63. The van der Waals surface area contributed by atoms with Gasteiger partial charge in [0.1, 0.15) is 10.6 Å². The summed E-state index contributed by atoms with van der Waals surface area (Å²) < 4.78 is -0.158. The maximum atomic E-state index is 11.2. The highest BCUT2D eigenvalue weighted by molar-refractivity contribution is 8.02. The van der Waals surface area contributed by atoms with E-state index in [2.05, 4.69) is 20.5 Å². The van der Waals surface area contributed by atoms with E-state index in [9.17, 15) is 9.90 Å². The van der Waals surface area contributed by atoms with Crippen LogP contribution in [-0.4, -0.2) is 37.5 Å². The molecular formula is C19H18Cl2N4O2S2. The summed E-state index contributed by atoms with van der Waals surface area (Å²) in [6, 6.07) is 8.92. The Morgan fingerprint density at radius 2 is 2.03 bits per heavy atom. The fraction of sp³-hybridized carbons (Fsp3) is 0.263. The van der Waals surface area contributed by atoms with Gasteiger partial charge in [-0.3, -0.25) is 4.79 Å². The van der Waals surface area contributed by atoms with Gasteiger partial charge in [0, 0.05) is 28.9 Å². The number of thiazole rings is 1. The lowest BCUT2D eigenvalue weighted by Crippen LogP contribution is -2.26. The van der Waals surface area contributed by atoms with Crippen LogP contribution < -0.4 is 5.32 Å². The number of anilines is 1. The molecule has 3 rings (SSSR count). The molecule has 0 saturated carbocycles. The van der Waals surface area contributed by atoms with Gasteiger partial charge in [-0.05, 0) is 44.2 Å². The topological polar surface area (TPSA) is 88.0 Å². The molecule has 0 fully saturated rings. The van der Waals surface area contributed by atoms with Crippen molar-refractivity contribution in [1.82, 2.24) is 15.2 Å². The fourth-order valence-corrected chi connectivity index (χ4v) is 5.03. The molecule has 0 aliphatic rings. The third-order valence-corrected chi connectivity index (χ3v) is 6.67. The van der Waals surface area contributed by atoms with Gasteiger partial charge in [-0.2, -0.15) is 0 Å². The number of hydrogen-bond donors (Lipinski definition) is 2. The largest absolute Gasteiger partial charge is 0.480 e. The minimum absolute atomic E-state index is 0.524. The number of carboxylic acid groups (broad SMARTS) is 1. The van der Waals surface area contributed by atoms with Crippen molar-refractivity contribution in [2.45, 2.75) is 29.4 Å². The molecule has 0 amide bonds. The normalized spacial score (nSPS) is 11.4. The van der Waals surface area contributed by atoms with E-state index in [0.717, 1.165) is 15.6 Å². The van der Waals surface area contributed by atoms with Crippen LogP contribution >= 0.6 is 46.3 Å². The second-order valence-corrected chi connectivity index (χ2v) is 10.2. The molecule has 152 valence electrons. The molecule has 10 heteroatoms. The van der Waals surface area contributed by atoms with E-state index in [1.165, 1.54) is 23.1 Å². The van der Waals surface area contributed by atoms with Crippen LogP contribution in [0.25, 0.3) is 11.3 Å². The molecule has 0 aliphatic heterocycles. The maximum Gasteiger partial charge on any atom is 0.319 e. The van der Waals surface area contributed by atoms with E-state index >= 15 is 0 Å². The molecule has 0 atom stereocenters. The second kappa shape index (κ2) is 9.30. The first kappa shape index (κ1) is 21.8. The molecule has 0 radical (unpaired) electrons. The Labute approximate surface area is 186 Å². The van der Waals surface area contributed by atoms with Crippen LogP contribution in [0, 0.1) is 0 Å². The third kappa shape index (κ3) is 5.82. The van der Waals surface area contributed by atoms with Crippen LogP contribution in [0.3, 0.4) is 0 Å². The molecule has 6 nitrogen and oxygen atoms in total. The van der Waals surface area contributed by atoms with Gasteiger partial charge in [0.25, 0.3) is 0 Å². The number of rotatable bonds is 8. The van der Waals surface area contributed by atoms with E-state index in [4.69, 9.17) is 23.2 Å². The highest BCUT2D eigenvalue weighted by atomic mass is 35.5. The smallest absolute Gasteiger partial charge is 0.319 e. The van der Waals surface area contributed by atoms with Gasteiger partial charge >= 0.3 is 5.97 Å². The number of aliphatic carboxylic acids is 1. The predicted molar refractivity (Wildman–Crippen MR) is 119 cm³/mol. The van der Waals surface area contributed by atoms with E-state index in [0.29, 0.717) is 34.5 Å². The number of carbonyl (C=O) groups is 1. The summed E-state index contributed by atoms with van der Waals surface area (Å²) in [6.45, 7) is 3.97. The SMILES string of the molecule is CC(C)(Sc1nc(CCNc2ccc(-c3ccc(Cl)cc3Cl)nn2)cs1)C(=O)O. The summed E-state index contributed by atoms with van der Waals surface area (Å²) >= 11 is 14.8. The fourth-order valence-electron chi connectivity index (χ4n) is 2.30. The Morgan fingerprint density at radius 1 is 1.24 bits per heavy atom. The Hall–Kier alpha value is -1.87. The van der Waals surface area contributed by atoms with Crippen molar-refractivity contribution in [3.8, 4) is 11.3 Å². The first-order chi connectivity index (χ1) is 13.7. The van der Waals surface area contributed by atoms with Crippen LogP contribution in [0.1, 0.15) is 19.5 Å².